The lowest BCUT2D eigenvalue weighted by atomic mass is 10.1. The van der Waals surface area contributed by atoms with E-state index in [9.17, 15) is 4.79 Å². The van der Waals surface area contributed by atoms with Gasteiger partial charge in [0.25, 0.3) is 0 Å². The topological polar surface area (TPSA) is 58.4 Å². The Morgan fingerprint density at radius 1 is 1.50 bits per heavy atom. The molecule has 1 amide bonds. The summed E-state index contributed by atoms with van der Waals surface area (Å²) in [6.07, 6.45) is 0.507. The van der Waals surface area contributed by atoms with Crippen LogP contribution in [0.5, 0.6) is 0 Å². The second-order valence-corrected chi connectivity index (χ2v) is 4.00. The summed E-state index contributed by atoms with van der Waals surface area (Å²) in [5.74, 6) is 0.155. The number of rotatable bonds is 4. The van der Waals surface area contributed by atoms with Crippen molar-refractivity contribution in [3.05, 3.63) is 29.3 Å². The molecule has 1 aromatic rings. The largest absolute Gasteiger partial charge is 0.329 e. The highest BCUT2D eigenvalue weighted by atomic mass is 16.2. The fourth-order valence-electron chi connectivity index (χ4n) is 2.12. The number of amides is 1. The molecule has 0 fully saturated rings. The van der Waals surface area contributed by atoms with E-state index in [-0.39, 0.29) is 5.91 Å². The molecule has 86 valence electrons. The highest BCUT2D eigenvalue weighted by Crippen LogP contribution is 2.29. The molecule has 1 aliphatic rings. The normalized spacial score (nSPS) is 14.4. The molecule has 0 radical (unpaired) electrons. The zero-order valence-corrected chi connectivity index (χ0v) is 9.49. The molecule has 1 aliphatic heterocycles. The third-order valence-corrected chi connectivity index (χ3v) is 2.81. The molecule has 0 bridgehead atoms. The zero-order chi connectivity index (χ0) is 11.5. The fourth-order valence-corrected chi connectivity index (χ4v) is 2.12. The van der Waals surface area contributed by atoms with Crippen molar-refractivity contribution in [2.75, 3.05) is 25.0 Å². The molecule has 0 atom stereocenters. The van der Waals surface area contributed by atoms with Crippen LogP contribution in [0.1, 0.15) is 11.1 Å². The molecule has 4 heteroatoms. The summed E-state index contributed by atoms with van der Waals surface area (Å²) in [5.41, 5.74) is 8.85. The predicted molar refractivity (Wildman–Crippen MR) is 64.3 cm³/mol. The van der Waals surface area contributed by atoms with Crippen molar-refractivity contribution in [1.82, 2.24) is 5.32 Å². The van der Waals surface area contributed by atoms with E-state index in [1.165, 1.54) is 5.56 Å². The molecule has 0 unspecified atom stereocenters. The van der Waals surface area contributed by atoms with Crippen LogP contribution in [-0.2, 0) is 17.8 Å². The molecule has 2 rings (SSSR count). The van der Waals surface area contributed by atoms with Crippen molar-refractivity contribution in [3.8, 4) is 0 Å². The van der Waals surface area contributed by atoms with E-state index >= 15 is 0 Å². The SMILES string of the molecule is CNCc1ccc2c(c1)CC(=O)N2CCN. The Hall–Kier alpha value is -1.39. The second kappa shape index (κ2) is 4.63. The summed E-state index contributed by atoms with van der Waals surface area (Å²) in [5, 5.41) is 3.10. The van der Waals surface area contributed by atoms with Crippen molar-refractivity contribution >= 4 is 11.6 Å². The van der Waals surface area contributed by atoms with Gasteiger partial charge < -0.3 is 16.0 Å². The predicted octanol–water partition coefficient (Wildman–Crippen LogP) is 0.254. The van der Waals surface area contributed by atoms with Crippen molar-refractivity contribution < 1.29 is 4.79 Å². The first-order valence-corrected chi connectivity index (χ1v) is 5.53. The molecule has 0 aromatic heterocycles. The Bertz CT molecular complexity index is 403. The van der Waals surface area contributed by atoms with Gasteiger partial charge in [-0.3, -0.25) is 4.79 Å². The number of anilines is 1. The van der Waals surface area contributed by atoms with Crippen LogP contribution in [0.25, 0.3) is 0 Å². The molecule has 1 heterocycles. The van der Waals surface area contributed by atoms with Gasteiger partial charge in [-0.15, -0.1) is 0 Å². The molecular formula is C12H17N3O. The van der Waals surface area contributed by atoms with Gasteiger partial charge in [0, 0.05) is 25.3 Å². The van der Waals surface area contributed by atoms with Crippen LogP contribution in [0.15, 0.2) is 18.2 Å². The first-order chi connectivity index (χ1) is 7.76. The summed E-state index contributed by atoms with van der Waals surface area (Å²) in [4.78, 5) is 13.5. The number of hydrogen-bond donors (Lipinski definition) is 2. The second-order valence-electron chi connectivity index (χ2n) is 4.00. The number of hydrogen-bond acceptors (Lipinski definition) is 3. The minimum atomic E-state index is 0.155. The van der Waals surface area contributed by atoms with E-state index in [2.05, 4.69) is 17.4 Å². The Balaban J connectivity index is 2.27. The maximum absolute atomic E-state index is 11.7. The van der Waals surface area contributed by atoms with Crippen LogP contribution in [0, 0.1) is 0 Å². The van der Waals surface area contributed by atoms with Gasteiger partial charge >= 0.3 is 0 Å². The maximum Gasteiger partial charge on any atom is 0.231 e. The quantitative estimate of drug-likeness (QED) is 0.763. The highest BCUT2D eigenvalue weighted by Gasteiger charge is 2.26. The molecule has 0 aliphatic carbocycles. The Morgan fingerprint density at radius 2 is 2.31 bits per heavy atom. The number of nitrogens with one attached hydrogen (secondary N) is 1. The van der Waals surface area contributed by atoms with E-state index in [0.29, 0.717) is 19.5 Å². The summed E-state index contributed by atoms with van der Waals surface area (Å²) in [7, 11) is 1.92. The first-order valence-electron chi connectivity index (χ1n) is 5.53. The first kappa shape index (κ1) is 11.1. The molecule has 4 nitrogen and oxygen atoms in total. The molecular weight excluding hydrogens is 202 g/mol. The van der Waals surface area contributed by atoms with Gasteiger partial charge in [-0.2, -0.15) is 0 Å². The minimum absolute atomic E-state index is 0.155. The van der Waals surface area contributed by atoms with Crippen molar-refractivity contribution in [1.29, 1.82) is 0 Å². The Kier molecular flexibility index (Phi) is 3.22. The fraction of sp³-hybridized carbons (Fsp3) is 0.417. The van der Waals surface area contributed by atoms with Gasteiger partial charge in [0.05, 0.1) is 6.42 Å². The monoisotopic (exact) mass is 219 g/mol. The highest BCUT2D eigenvalue weighted by molar-refractivity contribution is 6.01. The lowest BCUT2D eigenvalue weighted by molar-refractivity contribution is -0.117. The molecule has 0 saturated carbocycles. The molecule has 3 N–H and O–H groups in total. The summed E-state index contributed by atoms with van der Waals surface area (Å²) in [6.45, 7) is 1.94. The van der Waals surface area contributed by atoms with Crippen molar-refractivity contribution in [2.24, 2.45) is 5.73 Å². The van der Waals surface area contributed by atoms with E-state index in [0.717, 1.165) is 17.8 Å². The third kappa shape index (κ3) is 1.94. The van der Waals surface area contributed by atoms with E-state index in [4.69, 9.17) is 5.73 Å². The summed E-state index contributed by atoms with van der Waals surface area (Å²) >= 11 is 0. The van der Waals surface area contributed by atoms with Gasteiger partial charge in [-0.25, -0.2) is 0 Å². The van der Waals surface area contributed by atoms with Gasteiger partial charge in [-0.05, 0) is 24.2 Å². The van der Waals surface area contributed by atoms with Gasteiger partial charge in [-0.1, -0.05) is 12.1 Å². The Morgan fingerprint density at radius 3 is 3.00 bits per heavy atom. The van der Waals surface area contributed by atoms with E-state index < -0.39 is 0 Å². The van der Waals surface area contributed by atoms with Crippen molar-refractivity contribution in [3.63, 3.8) is 0 Å². The minimum Gasteiger partial charge on any atom is -0.329 e. The smallest absolute Gasteiger partial charge is 0.231 e. The van der Waals surface area contributed by atoms with E-state index in [1.807, 2.05) is 13.1 Å². The molecule has 1 aromatic carbocycles. The van der Waals surface area contributed by atoms with Crippen LogP contribution >= 0.6 is 0 Å². The van der Waals surface area contributed by atoms with Crippen molar-refractivity contribution in [2.45, 2.75) is 13.0 Å². The Labute approximate surface area is 95.4 Å². The maximum atomic E-state index is 11.7. The molecule has 0 spiro atoms. The van der Waals surface area contributed by atoms with Crippen LogP contribution < -0.4 is 16.0 Å². The number of nitrogens with zero attached hydrogens (tertiary/aromatic N) is 1. The molecule has 0 saturated heterocycles. The standard InChI is InChI=1S/C12H17N3O/c1-14-8-9-2-3-11-10(6-9)7-12(16)15(11)5-4-13/h2-3,6,14H,4-5,7-8,13H2,1H3. The summed E-state index contributed by atoms with van der Waals surface area (Å²) in [6, 6.07) is 6.17. The lowest BCUT2D eigenvalue weighted by Gasteiger charge is -2.16. The lowest BCUT2D eigenvalue weighted by Crippen LogP contribution is -2.31. The zero-order valence-electron chi connectivity index (χ0n) is 9.49. The average Bonchev–Trinajstić information content (AvgIpc) is 2.56. The molecule has 16 heavy (non-hydrogen) atoms. The van der Waals surface area contributed by atoms with Crippen LogP contribution in [-0.4, -0.2) is 26.0 Å². The van der Waals surface area contributed by atoms with Gasteiger partial charge in [0.1, 0.15) is 0 Å². The number of benzene rings is 1. The average molecular weight is 219 g/mol. The number of nitrogens with two attached hydrogens (primary N) is 1. The number of carbonyl (C=O) groups excluding carboxylic acids is 1. The third-order valence-electron chi connectivity index (χ3n) is 2.81. The van der Waals surface area contributed by atoms with Crippen LogP contribution in [0.3, 0.4) is 0 Å². The van der Waals surface area contributed by atoms with Crippen LogP contribution in [0.2, 0.25) is 0 Å². The van der Waals surface area contributed by atoms with Crippen LogP contribution in [0.4, 0.5) is 5.69 Å². The van der Waals surface area contributed by atoms with Gasteiger partial charge in [0.15, 0.2) is 0 Å². The van der Waals surface area contributed by atoms with Gasteiger partial charge in [0.2, 0.25) is 5.91 Å². The van der Waals surface area contributed by atoms with E-state index in [1.54, 1.807) is 4.90 Å². The number of carbonyl (C=O) groups is 1. The number of fused-ring (bicyclic) bond motifs is 1. The summed E-state index contributed by atoms with van der Waals surface area (Å²) < 4.78 is 0.